The second-order valence-corrected chi connectivity index (χ2v) is 23.9. The van der Waals surface area contributed by atoms with Gasteiger partial charge in [0.1, 0.15) is 11.5 Å². The molecule has 2 aliphatic heterocycles. The number of carboxylic acid groups (broad SMARTS) is 1. The van der Waals surface area contributed by atoms with Gasteiger partial charge < -0.3 is 29.3 Å². The summed E-state index contributed by atoms with van der Waals surface area (Å²) in [6, 6.07) is 36.8. The first kappa shape index (κ1) is 59.7. The van der Waals surface area contributed by atoms with Crippen molar-refractivity contribution in [2.75, 3.05) is 32.2 Å². The number of ether oxygens (including phenoxy) is 2. The van der Waals surface area contributed by atoms with Crippen LogP contribution in [0.1, 0.15) is 176 Å². The van der Waals surface area contributed by atoms with Crippen molar-refractivity contribution in [3.8, 4) is 32.4 Å². The second-order valence-electron chi connectivity index (χ2n) is 21.8. The molecule has 1 N–H and O–H groups in total. The van der Waals surface area contributed by atoms with Crippen LogP contribution in [0.5, 0.6) is 11.5 Å². The van der Waals surface area contributed by atoms with Gasteiger partial charge in [-0.1, -0.05) is 143 Å². The van der Waals surface area contributed by atoms with Crippen molar-refractivity contribution < 1.29 is 29.0 Å². The second kappa shape index (κ2) is 28.8. The molecule has 2 unspecified atom stereocenters. The Morgan fingerprint density at radius 2 is 0.887 bits per heavy atom. The predicted octanol–water partition coefficient (Wildman–Crippen LogP) is 18.8. The molecule has 0 fully saturated rings. The van der Waals surface area contributed by atoms with Crippen molar-refractivity contribution in [3.63, 3.8) is 0 Å². The van der Waals surface area contributed by atoms with Crippen molar-refractivity contribution in [3.05, 3.63) is 147 Å². The van der Waals surface area contributed by atoms with Crippen LogP contribution in [0.15, 0.2) is 120 Å². The number of methoxy groups -OCH3 is 2. The van der Waals surface area contributed by atoms with Gasteiger partial charge in [0.25, 0.3) is 11.8 Å². The van der Waals surface area contributed by atoms with Crippen LogP contribution < -0.4 is 14.4 Å². The molecule has 2 aromatic heterocycles. The minimum atomic E-state index is -0.958. The van der Waals surface area contributed by atoms with Gasteiger partial charge in [-0.3, -0.25) is 9.59 Å². The number of hydrogen-bond donors (Lipinski definition) is 1. The number of aromatic carboxylic acids is 1. The number of carbonyl (C=O) groups is 3. The molecule has 4 heterocycles. The zero-order chi connectivity index (χ0) is 56.7. The largest absolute Gasteiger partial charge is 0.497 e. The lowest BCUT2D eigenvalue weighted by atomic mass is 9.98. The van der Waals surface area contributed by atoms with E-state index in [1.165, 1.54) is 11.1 Å². The minimum Gasteiger partial charge on any atom is -0.497 e. The fourth-order valence-corrected chi connectivity index (χ4v) is 14.0. The van der Waals surface area contributed by atoms with E-state index in [0.717, 1.165) is 186 Å². The average molecular weight is 1120 g/mol. The first-order valence-corrected chi connectivity index (χ1v) is 31.5. The molecule has 2 atom stereocenters. The molecule has 0 saturated carbocycles. The number of hydrogen-bond acceptors (Lipinski definition) is 8. The molecule has 0 saturated heterocycles. The fourth-order valence-electron chi connectivity index (χ4n) is 11.5. The lowest BCUT2D eigenvalue weighted by molar-refractivity contribution is -0.124. The molecule has 0 radical (unpaired) electrons. The summed E-state index contributed by atoms with van der Waals surface area (Å²) in [4.78, 5) is 54.4. The summed E-state index contributed by atoms with van der Waals surface area (Å²) >= 11 is 3.36. The highest BCUT2D eigenvalue weighted by atomic mass is 32.1. The molecule has 11 heteroatoms. The number of anilines is 3. The molecule has 80 heavy (non-hydrogen) atoms. The normalized spacial score (nSPS) is 14.2. The molecule has 4 aromatic carbocycles. The molecule has 8 rings (SSSR count). The Hall–Kier alpha value is -6.43. The summed E-state index contributed by atoms with van der Waals surface area (Å²) in [5.41, 5.74) is 10.3. The van der Waals surface area contributed by atoms with Gasteiger partial charge in [-0.2, -0.15) is 0 Å². The van der Waals surface area contributed by atoms with Gasteiger partial charge in [-0.05, 0) is 158 Å². The fraction of sp³-hybridized carbons (Fsp3) is 0.435. The van der Waals surface area contributed by atoms with Crippen molar-refractivity contribution in [1.29, 1.82) is 0 Å². The van der Waals surface area contributed by atoms with E-state index in [4.69, 9.17) is 9.47 Å². The molecule has 0 bridgehead atoms. The van der Waals surface area contributed by atoms with Crippen LogP contribution in [0.3, 0.4) is 0 Å². The SMILES string of the molecule is CCCCCCc1cc(C2=C3C(=O)N(CC(CC)CCCC)C(c4cc(CCCCCC)c(-c5ccc(N(c6ccc(OC)cc6)c6ccc(OC)cc6)cc5)s4)=C3C(=O)N2CC(CC)CCCC)sc1-c1ccc(C(=O)O)cc1. The van der Waals surface area contributed by atoms with Gasteiger partial charge in [0.15, 0.2) is 0 Å². The van der Waals surface area contributed by atoms with Gasteiger partial charge in [0, 0.05) is 39.9 Å². The highest BCUT2D eigenvalue weighted by Gasteiger charge is 2.50. The summed E-state index contributed by atoms with van der Waals surface area (Å²) in [6.45, 7) is 14.5. The van der Waals surface area contributed by atoms with Gasteiger partial charge >= 0.3 is 5.97 Å². The number of amides is 2. The topological polar surface area (TPSA) is 99.6 Å². The Morgan fingerprint density at radius 3 is 1.24 bits per heavy atom. The zero-order valence-corrected chi connectivity index (χ0v) is 50.5. The van der Waals surface area contributed by atoms with E-state index < -0.39 is 5.97 Å². The van der Waals surface area contributed by atoms with Gasteiger partial charge in [-0.15, -0.1) is 22.7 Å². The van der Waals surface area contributed by atoms with E-state index in [2.05, 4.69) is 107 Å². The molecule has 9 nitrogen and oxygen atoms in total. The summed E-state index contributed by atoms with van der Waals surface area (Å²) in [5.74, 6) is 0.981. The smallest absolute Gasteiger partial charge is 0.335 e. The highest BCUT2D eigenvalue weighted by Crippen LogP contribution is 2.52. The first-order valence-electron chi connectivity index (χ1n) is 29.9. The number of rotatable bonds is 32. The average Bonchev–Trinajstić information content (AvgIpc) is 4.43. The highest BCUT2D eigenvalue weighted by molar-refractivity contribution is 7.17. The maximum atomic E-state index is 16.0. The Balaban J connectivity index is 1.31. The molecular formula is C69H85N3O6S2. The summed E-state index contributed by atoms with van der Waals surface area (Å²) in [7, 11) is 3.37. The lowest BCUT2D eigenvalue weighted by Gasteiger charge is -2.29. The Labute approximate surface area is 485 Å². The van der Waals surface area contributed by atoms with Crippen molar-refractivity contribution in [1.82, 2.24) is 9.80 Å². The van der Waals surface area contributed by atoms with Crippen LogP contribution in [0.25, 0.3) is 32.3 Å². The number of aryl methyl sites for hydroxylation is 2. The summed E-state index contributed by atoms with van der Waals surface area (Å²) in [5, 5.41) is 9.84. The number of carboxylic acids is 1. The molecule has 424 valence electrons. The van der Waals surface area contributed by atoms with Crippen LogP contribution in [0, 0.1) is 11.8 Å². The predicted molar refractivity (Wildman–Crippen MR) is 334 cm³/mol. The zero-order valence-electron chi connectivity index (χ0n) is 48.8. The van der Waals surface area contributed by atoms with E-state index >= 15 is 9.59 Å². The lowest BCUT2D eigenvalue weighted by Crippen LogP contribution is -2.34. The van der Waals surface area contributed by atoms with Crippen LogP contribution in [0.2, 0.25) is 0 Å². The third-order valence-corrected chi connectivity index (χ3v) is 18.7. The third kappa shape index (κ3) is 13.7. The summed E-state index contributed by atoms with van der Waals surface area (Å²) < 4.78 is 11.1. The maximum absolute atomic E-state index is 16.0. The third-order valence-electron chi connectivity index (χ3n) is 16.3. The van der Waals surface area contributed by atoms with Gasteiger partial charge in [-0.25, -0.2) is 4.79 Å². The van der Waals surface area contributed by atoms with E-state index in [0.29, 0.717) is 24.2 Å². The van der Waals surface area contributed by atoms with Crippen LogP contribution >= 0.6 is 22.7 Å². The van der Waals surface area contributed by atoms with Crippen molar-refractivity contribution >= 4 is 68.9 Å². The van der Waals surface area contributed by atoms with Gasteiger partial charge in [0.2, 0.25) is 0 Å². The minimum absolute atomic E-state index is 0.0800. The van der Waals surface area contributed by atoms with Crippen molar-refractivity contribution in [2.45, 2.75) is 157 Å². The number of benzene rings is 4. The van der Waals surface area contributed by atoms with Crippen molar-refractivity contribution in [2.24, 2.45) is 11.8 Å². The molecule has 6 aromatic rings. The quantitative estimate of drug-likeness (QED) is 0.0420. The van der Waals surface area contributed by atoms with Crippen LogP contribution in [0.4, 0.5) is 17.1 Å². The van der Waals surface area contributed by atoms with E-state index in [1.54, 1.807) is 49.0 Å². The molecular weight excluding hydrogens is 1030 g/mol. The Kier molecular flexibility index (Phi) is 21.5. The Bertz CT molecular complexity index is 3030. The summed E-state index contributed by atoms with van der Waals surface area (Å²) in [6.07, 6.45) is 18.8. The number of fused-ring (bicyclic) bond motifs is 1. The van der Waals surface area contributed by atoms with Crippen LogP contribution in [-0.4, -0.2) is 60.0 Å². The monoisotopic (exact) mass is 1120 g/mol. The Morgan fingerprint density at radius 1 is 0.512 bits per heavy atom. The van der Waals surface area contributed by atoms with E-state index in [-0.39, 0.29) is 29.2 Å². The van der Waals surface area contributed by atoms with E-state index in [9.17, 15) is 9.90 Å². The number of nitrogens with zero attached hydrogens (tertiary/aromatic N) is 3. The maximum Gasteiger partial charge on any atom is 0.335 e. The standard InChI is InChI=1S/C69H85N3O6S2/c1-9-15-19-21-25-52-43-59(79-65(52)49-27-29-51(30-28-49)69(75)76)63-61-62(68(74)70(63)45-47(13-5)23-17-11-3)64(71(67(61)73)46-48(14-6)24-18-12-4)60-44-53(26-22-20-16-10-2)66(80-60)50-31-33-54(34-32-50)72(55-35-39-57(77-7)40-36-55)56-37-41-58(78-8)42-38-56/h27-44,47-48H,9-26,45-46H2,1-8H3,(H,75,76). The first-order chi connectivity index (χ1) is 39.0. The molecule has 0 spiro atoms. The number of carbonyl (C=O) groups excluding carboxylic acids is 2. The van der Waals surface area contributed by atoms with Gasteiger partial charge in [0.05, 0.1) is 52.1 Å². The molecule has 2 aliphatic rings. The number of thiophene rings is 2. The molecule has 0 aliphatic carbocycles. The van der Waals surface area contributed by atoms with Crippen LogP contribution in [-0.2, 0) is 22.4 Å². The van der Waals surface area contributed by atoms with E-state index in [1.807, 2.05) is 46.2 Å². The number of unbranched alkanes of at least 4 members (excludes halogenated alkanes) is 8. The molecule has 2 amide bonds.